The number of ether oxygens (including phenoxy) is 1. The first kappa shape index (κ1) is 16.2. The number of nitrogens with zero attached hydrogens (tertiary/aromatic N) is 1. The molecule has 0 saturated heterocycles. The van der Waals surface area contributed by atoms with Crippen LogP contribution in [0.2, 0.25) is 0 Å². The van der Waals surface area contributed by atoms with Crippen LogP contribution in [-0.2, 0) is 4.79 Å². The van der Waals surface area contributed by atoms with E-state index in [1.165, 1.54) is 18.4 Å². The molecule has 0 saturated carbocycles. The summed E-state index contributed by atoms with van der Waals surface area (Å²) in [7, 11) is 1.51. The van der Waals surface area contributed by atoms with Gasteiger partial charge in [0.25, 0.3) is 0 Å². The van der Waals surface area contributed by atoms with Crippen molar-refractivity contribution in [2.45, 2.75) is 0 Å². The highest BCUT2D eigenvalue weighted by atomic mass is 79.9. The highest BCUT2D eigenvalue weighted by Gasteiger charge is 2.28. The van der Waals surface area contributed by atoms with Crippen molar-refractivity contribution in [2.75, 3.05) is 12.4 Å². The smallest absolute Gasteiger partial charge is 0.249 e. The van der Waals surface area contributed by atoms with Gasteiger partial charge < -0.3 is 10.1 Å². The van der Waals surface area contributed by atoms with E-state index in [2.05, 4.69) is 21.2 Å². The largest absolute Gasteiger partial charge is 0.497 e. The molecule has 112 valence electrons. The van der Waals surface area contributed by atoms with Gasteiger partial charge in [0.2, 0.25) is 5.91 Å². The summed E-state index contributed by atoms with van der Waals surface area (Å²) >= 11 is 4.43. The Labute approximate surface area is 139 Å². The first-order valence-electron chi connectivity index (χ1n) is 6.19. The lowest BCUT2D eigenvalue weighted by molar-refractivity contribution is -0.117. The summed E-state index contributed by atoms with van der Waals surface area (Å²) in [5.41, 5.74) is 0.463. The van der Waals surface area contributed by atoms with Gasteiger partial charge in [-0.3, -0.25) is 9.59 Å². The van der Waals surface area contributed by atoms with E-state index in [0.717, 1.165) is 3.79 Å². The summed E-state index contributed by atoms with van der Waals surface area (Å²) in [6.45, 7) is 0. The highest BCUT2D eigenvalue weighted by molar-refractivity contribution is 9.11. The summed E-state index contributed by atoms with van der Waals surface area (Å²) in [5, 5.41) is 11.7. The van der Waals surface area contributed by atoms with Crippen molar-refractivity contribution < 1.29 is 14.3 Å². The van der Waals surface area contributed by atoms with Gasteiger partial charge in [-0.1, -0.05) is 6.07 Å². The predicted molar refractivity (Wildman–Crippen MR) is 87.1 cm³/mol. The number of carbonyl (C=O) groups excluding carboxylic acids is 2. The molecule has 1 heterocycles. The Morgan fingerprint density at radius 1 is 1.36 bits per heavy atom. The summed E-state index contributed by atoms with van der Waals surface area (Å²) in [5.74, 6) is -2.00. The Balaban J connectivity index is 2.15. The van der Waals surface area contributed by atoms with Crippen LogP contribution in [0.4, 0.5) is 5.69 Å². The Morgan fingerprint density at radius 3 is 2.73 bits per heavy atom. The zero-order valence-corrected chi connectivity index (χ0v) is 13.9. The topological polar surface area (TPSA) is 79.2 Å². The summed E-state index contributed by atoms with van der Waals surface area (Å²) < 4.78 is 5.82. The molecule has 5 nitrogen and oxygen atoms in total. The molecule has 1 unspecified atom stereocenters. The van der Waals surface area contributed by atoms with E-state index in [1.807, 2.05) is 0 Å². The molecule has 22 heavy (non-hydrogen) atoms. The second-order valence-electron chi connectivity index (χ2n) is 4.25. The van der Waals surface area contributed by atoms with Gasteiger partial charge in [-0.05, 0) is 40.2 Å². The van der Waals surface area contributed by atoms with Crippen LogP contribution in [0, 0.1) is 17.2 Å². The molecule has 1 amide bonds. The molecule has 1 aromatic carbocycles. The van der Waals surface area contributed by atoms with E-state index >= 15 is 0 Å². The average Bonchev–Trinajstić information content (AvgIpc) is 2.94. The SMILES string of the molecule is COc1cccc(NC(=O)C(C#N)C(=O)c2ccc(Br)s2)c1. The predicted octanol–water partition coefficient (Wildman–Crippen LogP) is 3.48. The van der Waals surface area contributed by atoms with Crippen molar-refractivity contribution in [2.24, 2.45) is 5.92 Å². The van der Waals surface area contributed by atoms with Gasteiger partial charge in [-0.2, -0.15) is 5.26 Å². The van der Waals surface area contributed by atoms with Crippen LogP contribution in [0.5, 0.6) is 5.75 Å². The molecule has 0 aliphatic rings. The van der Waals surface area contributed by atoms with Crippen LogP contribution in [0.15, 0.2) is 40.2 Å². The van der Waals surface area contributed by atoms with Crippen molar-refractivity contribution in [1.29, 1.82) is 5.26 Å². The van der Waals surface area contributed by atoms with Gasteiger partial charge in [0.15, 0.2) is 11.7 Å². The van der Waals surface area contributed by atoms with E-state index in [4.69, 9.17) is 10.00 Å². The van der Waals surface area contributed by atoms with Gasteiger partial charge in [0, 0.05) is 11.8 Å². The molecule has 0 bridgehead atoms. The lowest BCUT2D eigenvalue weighted by Gasteiger charge is -2.09. The molecule has 0 spiro atoms. The number of nitrogens with one attached hydrogen (secondary N) is 1. The molecule has 1 atom stereocenters. The Kier molecular flexibility index (Phi) is 5.31. The lowest BCUT2D eigenvalue weighted by atomic mass is 10.0. The molecular weight excluding hydrogens is 368 g/mol. The monoisotopic (exact) mass is 378 g/mol. The van der Waals surface area contributed by atoms with Gasteiger partial charge in [-0.15, -0.1) is 11.3 Å². The standard InChI is InChI=1S/C15H11BrN2O3S/c1-21-10-4-2-3-9(7-10)18-15(20)11(8-17)14(19)12-5-6-13(16)22-12/h2-7,11H,1H3,(H,18,20). The van der Waals surface area contributed by atoms with Gasteiger partial charge in [0.1, 0.15) is 5.75 Å². The molecule has 0 fully saturated rings. The molecule has 2 rings (SSSR count). The van der Waals surface area contributed by atoms with Crippen LogP contribution in [0.1, 0.15) is 9.67 Å². The third-order valence-electron chi connectivity index (χ3n) is 2.81. The minimum Gasteiger partial charge on any atom is -0.497 e. The molecular formula is C15H11BrN2O3S. The minimum atomic E-state index is -1.39. The molecule has 1 aromatic heterocycles. The fourth-order valence-corrected chi connectivity index (χ4v) is 3.10. The van der Waals surface area contributed by atoms with E-state index in [-0.39, 0.29) is 0 Å². The third-order valence-corrected chi connectivity index (χ3v) is 4.45. The van der Waals surface area contributed by atoms with Gasteiger partial charge >= 0.3 is 0 Å². The van der Waals surface area contributed by atoms with Crippen molar-refractivity contribution in [3.63, 3.8) is 0 Å². The minimum absolute atomic E-state index is 0.360. The van der Waals surface area contributed by atoms with Crippen molar-refractivity contribution >= 4 is 44.6 Å². The number of carbonyl (C=O) groups is 2. The molecule has 0 radical (unpaired) electrons. The third kappa shape index (κ3) is 3.72. The van der Waals surface area contributed by atoms with Crippen LogP contribution < -0.4 is 10.1 Å². The van der Waals surface area contributed by atoms with Crippen LogP contribution >= 0.6 is 27.3 Å². The zero-order valence-electron chi connectivity index (χ0n) is 11.5. The van der Waals surface area contributed by atoms with Gasteiger partial charge in [-0.25, -0.2) is 0 Å². The number of nitriles is 1. The molecule has 1 N–H and O–H groups in total. The average molecular weight is 379 g/mol. The number of rotatable bonds is 5. The maximum absolute atomic E-state index is 12.2. The van der Waals surface area contributed by atoms with E-state index in [0.29, 0.717) is 16.3 Å². The second kappa shape index (κ2) is 7.20. The number of thiophene rings is 1. The number of methoxy groups -OCH3 is 1. The summed E-state index contributed by atoms with van der Waals surface area (Å²) in [6.07, 6.45) is 0. The molecule has 7 heteroatoms. The van der Waals surface area contributed by atoms with Crippen LogP contribution in [-0.4, -0.2) is 18.8 Å². The maximum Gasteiger partial charge on any atom is 0.249 e. The van der Waals surface area contributed by atoms with Crippen molar-refractivity contribution in [1.82, 2.24) is 0 Å². The number of halogens is 1. The number of hydrogen-bond donors (Lipinski definition) is 1. The quantitative estimate of drug-likeness (QED) is 0.637. The van der Waals surface area contributed by atoms with Gasteiger partial charge in [0.05, 0.1) is 21.8 Å². The Hall–Kier alpha value is -2.17. The maximum atomic E-state index is 12.2. The number of ketones is 1. The fourth-order valence-electron chi connectivity index (χ4n) is 1.74. The number of hydrogen-bond acceptors (Lipinski definition) is 5. The molecule has 2 aromatic rings. The normalized spacial score (nSPS) is 11.3. The Bertz CT molecular complexity index is 751. The first-order chi connectivity index (χ1) is 10.5. The zero-order chi connectivity index (χ0) is 16.1. The molecule has 0 aliphatic carbocycles. The fraction of sp³-hybridized carbons (Fsp3) is 0.133. The first-order valence-corrected chi connectivity index (χ1v) is 7.80. The van der Waals surface area contributed by atoms with E-state index in [1.54, 1.807) is 42.5 Å². The second-order valence-corrected chi connectivity index (χ2v) is 6.71. The lowest BCUT2D eigenvalue weighted by Crippen LogP contribution is -2.28. The van der Waals surface area contributed by atoms with Crippen molar-refractivity contribution in [3.05, 3.63) is 45.1 Å². The Morgan fingerprint density at radius 2 is 2.14 bits per heavy atom. The number of anilines is 1. The van der Waals surface area contributed by atoms with E-state index in [9.17, 15) is 9.59 Å². The number of amides is 1. The summed E-state index contributed by atoms with van der Waals surface area (Å²) in [6, 6.07) is 11.7. The highest BCUT2D eigenvalue weighted by Crippen LogP contribution is 2.25. The summed E-state index contributed by atoms with van der Waals surface area (Å²) in [4.78, 5) is 24.7. The van der Waals surface area contributed by atoms with E-state index < -0.39 is 17.6 Å². The molecule has 0 aliphatic heterocycles. The van der Waals surface area contributed by atoms with Crippen molar-refractivity contribution in [3.8, 4) is 11.8 Å². The number of Topliss-reactive ketones (excluding diaryl/α,β-unsaturated/α-hetero) is 1. The number of benzene rings is 1. The van der Waals surface area contributed by atoms with Crippen LogP contribution in [0.3, 0.4) is 0 Å². The van der Waals surface area contributed by atoms with Crippen LogP contribution in [0.25, 0.3) is 0 Å².